The zero-order valence-electron chi connectivity index (χ0n) is 11.9. The molecule has 20 heavy (non-hydrogen) atoms. The van der Waals surface area contributed by atoms with Gasteiger partial charge in [-0.3, -0.25) is 8.98 Å². The number of hydrogen-bond donors (Lipinski definition) is 0. The molecule has 0 radical (unpaired) electrons. The van der Waals surface area contributed by atoms with Gasteiger partial charge in [-0.05, 0) is 5.92 Å². The van der Waals surface area contributed by atoms with Crippen molar-refractivity contribution in [2.24, 2.45) is 11.8 Å². The van der Waals surface area contributed by atoms with Gasteiger partial charge in [-0.1, -0.05) is 20.8 Å². The molecule has 2 fully saturated rings. The molecule has 2 heterocycles. The van der Waals surface area contributed by atoms with Crippen LogP contribution in [-0.4, -0.2) is 43.0 Å². The van der Waals surface area contributed by atoms with Gasteiger partial charge in [-0.15, -0.1) is 4.31 Å². The Kier molecular flexibility index (Phi) is 3.57. The molecular weight excluding hydrogens is 284 g/mol. The lowest BCUT2D eigenvalue weighted by Crippen LogP contribution is -2.42. The van der Waals surface area contributed by atoms with Crippen molar-refractivity contribution in [1.29, 1.82) is 5.26 Å². The minimum atomic E-state index is -3.97. The minimum absolute atomic E-state index is 0.0867. The predicted octanol–water partition coefficient (Wildman–Crippen LogP) is 0.432. The van der Waals surface area contributed by atoms with Crippen molar-refractivity contribution in [3.05, 3.63) is 0 Å². The molecule has 2 unspecified atom stereocenters. The number of ether oxygens (including phenoxy) is 1. The number of fused-ring (bicyclic) bond motifs is 1. The highest BCUT2D eigenvalue weighted by Crippen LogP contribution is 2.54. The fraction of sp³-hybridized carbons (Fsp3) is 0.833. The maximum Gasteiger partial charge on any atom is 0.340 e. The topological polar surface area (TPSA) is 96.5 Å². The molecule has 2 aliphatic heterocycles. The van der Waals surface area contributed by atoms with Gasteiger partial charge >= 0.3 is 16.3 Å². The van der Waals surface area contributed by atoms with Crippen LogP contribution in [0.1, 0.15) is 27.7 Å². The van der Waals surface area contributed by atoms with Crippen LogP contribution in [0.2, 0.25) is 0 Å². The average Bonchev–Trinajstić information content (AvgIpc) is 3.04. The maximum atomic E-state index is 12.1. The molecule has 5 atom stereocenters. The first kappa shape index (κ1) is 15.2. The molecular formula is C12H18N2O5S. The Labute approximate surface area is 118 Å². The van der Waals surface area contributed by atoms with E-state index in [1.807, 2.05) is 13.8 Å². The first-order valence-electron chi connectivity index (χ1n) is 6.45. The zero-order valence-corrected chi connectivity index (χ0v) is 12.7. The largest absolute Gasteiger partial charge is 0.459 e. The first-order chi connectivity index (χ1) is 9.18. The monoisotopic (exact) mass is 302 g/mol. The maximum absolute atomic E-state index is 12.1. The summed E-state index contributed by atoms with van der Waals surface area (Å²) in [6, 6.07) is 1.52. The number of hydrogen-bond acceptors (Lipinski definition) is 6. The summed E-state index contributed by atoms with van der Waals surface area (Å²) in [6.45, 7) is 6.49. The van der Waals surface area contributed by atoms with Gasteiger partial charge in [0.05, 0.1) is 18.7 Å². The van der Waals surface area contributed by atoms with Crippen molar-refractivity contribution in [3.63, 3.8) is 0 Å². The van der Waals surface area contributed by atoms with Crippen molar-refractivity contribution in [1.82, 2.24) is 4.31 Å². The molecule has 0 aliphatic carbocycles. The van der Waals surface area contributed by atoms with Crippen molar-refractivity contribution in [3.8, 4) is 6.07 Å². The van der Waals surface area contributed by atoms with Gasteiger partial charge in [-0.2, -0.15) is 13.7 Å². The van der Waals surface area contributed by atoms with E-state index in [1.165, 1.54) is 6.92 Å². The molecule has 7 nitrogen and oxygen atoms in total. The van der Waals surface area contributed by atoms with Gasteiger partial charge in [-0.25, -0.2) is 0 Å². The van der Waals surface area contributed by atoms with Crippen LogP contribution in [-0.2, 0) is 24.0 Å². The molecule has 0 aromatic heterocycles. The van der Waals surface area contributed by atoms with Crippen LogP contribution in [0.25, 0.3) is 0 Å². The van der Waals surface area contributed by atoms with Gasteiger partial charge in [0.15, 0.2) is 5.54 Å². The summed E-state index contributed by atoms with van der Waals surface area (Å²) in [4.78, 5) is 11.3. The number of rotatable bonds is 2. The van der Waals surface area contributed by atoms with E-state index in [0.29, 0.717) is 0 Å². The van der Waals surface area contributed by atoms with Crippen molar-refractivity contribution in [2.45, 2.75) is 45.4 Å². The second-order valence-corrected chi connectivity index (χ2v) is 7.16. The number of esters is 1. The van der Waals surface area contributed by atoms with Crippen LogP contribution >= 0.6 is 0 Å². The van der Waals surface area contributed by atoms with Gasteiger partial charge < -0.3 is 4.74 Å². The fourth-order valence-electron chi connectivity index (χ4n) is 3.04. The third-order valence-corrected chi connectivity index (χ3v) is 5.22. The summed E-state index contributed by atoms with van der Waals surface area (Å²) in [5.41, 5.74) is -1.35. The lowest BCUT2D eigenvalue weighted by molar-refractivity contribution is -0.150. The van der Waals surface area contributed by atoms with Gasteiger partial charge in [0.2, 0.25) is 0 Å². The lowest BCUT2D eigenvalue weighted by atomic mass is 9.86. The van der Waals surface area contributed by atoms with E-state index in [9.17, 15) is 18.5 Å². The molecule has 0 N–H and O–H groups in total. The molecule has 0 amide bonds. The van der Waals surface area contributed by atoms with Gasteiger partial charge in [0.1, 0.15) is 6.10 Å². The Morgan fingerprint density at radius 2 is 2.15 bits per heavy atom. The summed E-state index contributed by atoms with van der Waals surface area (Å²) in [5.74, 6) is -1.01. The number of carbonyl (C=O) groups is 1. The van der Waals surface area contributed by atoms with Crippen LogP contribution < -0.4 is 0 Å². The van der Waals surface area contributed by atoms with Gasteiger partial charge in [0.25, 0.3) is 0 Å². The number of nitrogens with zero attached hydrogens (tertiary/aromatic N) is 2. The number of carbonyl (C=O) groups excluding carboxylic acids is 1. The quantitative estimate of drug-likeness (QED) is 0.542. The van der Waals surface area contributed by atoms with Crippen LogP contribution in [0.5, 0.6) is 0 Å². The molecule has 0 aromatic carbocycles. The molecule has 2 saturated heterocycles. The van der Waals surface area contributed by atoms with E-state index < -0.39 is 34.0 Å². The Bertz CT molecular complexity index is 567. The Morgan fingerprint density at radius 1 is 1.55 bits per heavy atom. The summed E-state index contributed by atoms with van der Waals surface area (Å²) >= 11 is 0. The van der Waals surface area contributed by atoms with Crippen molar-refractivity contribution < 1.29 is 22.1 Å². The average molecular weight is 302 g/mol. The molecule has 0 spiro atoms. The molecule has 8 heteroatoms. The van der Waals surface area contributed by atoms with E-state index in [4.69, 9.17) is 8.92 Å². The Hall–Kier alpha value is -1.17. The highest BCUT2D eigenvalue weighted by molar-refractivity contribution is 7.84. The SMILES string of the molecule is CC(=O)O[C@@H]1[C@@H](C)COS(=O)(=O)N2[C@H](C(C)C)C12C#N. The summed E-state index contributed by atoms with van der Waals surface area (Å²) in [5, 5.41) is 9.57. The Morgan fingerprint density at radius 3 is 2.60 bits per heavy atom. The third kappa shape index (κ3) is 2.01. The van der Waals surface area contributed by atoms with Crippen LogP contribution in [0, 0.1) is 23.2 Å². The molecule has 0 aromatic rings. The standard InChI is InChI=1S/C12H18N2O5S/c1-7(2)10-12(6-13)11(19-9(4)15)8(3)5-18-20(16,17)14(10)12/h7-8,10-11H,5H2,1-4H3/t8-,10+,11+,12?,14?/m0/s1. The highest BCUT2D eigenvalue weighted by Gasteiger charge is 2.77. The van der Waals surface area contributed by atoms with Crippen molar-refractivity contribution >= 4 is 16.3 Å². The van der Waals surface area contributed by atoms with Crippen LogP contribution in [0.3, 0.4) is 0 Å². The van der Waals surface area contributed by atoms with Crippen LogP contribution in [0.15, 0.2) is 0 Å². The third-order valence-electron chi connectivity index (χ3n) is 3.78. The summed E-state index contributed by atoms with van der Waals surface area (Å²) in [7, 11) is -3.97. The smallest absolute Gasteiger partial charge is 0.340 e. The molecule has 2 aliphatic rings. The van der Waals surface area contributed by atoms with Gasteiger partial charge in [0, 0.05) is 12.8 Å². The van der Waals surface area contributed by atoms with E-state index in [0.717, 1.165) is 4.31 Å². The normalized spacial score (nSPS) is 42.2. The first-order valence-corrected chi connectivity index (χ1v) is 7.82. The predicted molar refractivity (Wildman–Crippen MR) is 68.4 cm³/mol. The molecule has 112 valence electrons. The van der Waals surface area contributed by atoms with E-state index >= 15 is 0 Å². The molecule has 0 saturated carbocycles. The second-order valence-electron chi connectivity index (χ2n) is 5.67. The summed E-state index contributed by atoms with van der Waals surface area (Å²) in [6.07, 6.45) is -0.824. The molecule has 2 rings (SSSR count). The van der Waals surface area contributed by atoms with E-state index in [1.54, 1.807) is 6.92 Å². The number of nitriles is 1. The van der Waals surface area contributed by atoms with Crippen molar-refractivity contribution in [2.75, 3.05) is 6.61 Å². The van der Waals surface area contributed by atoms with Crippen LogP contribution in [0.4, 0.5) is 0 Å². The lowest BCUT2D eigenvalue weighted by Gasteiger charge is -2.25. The second kappa shape index (κ2) is 4.69. The Balaban J connectivity index is 2.52. The summed E-state index contributed by atoms with van der Waals surface area (Å²) < 4.78 is 35.5. The minimum Gasteiger partial charge on any atom is -0.459 e. The zero-order chi connectivity index (χ0) is 15.3. The van der Waals surface area contributed by atoms with E-state index in [2.05, 4.69) is 6.07 Å². The highest BCUT2D eigenvalue weighted by atomic mass is 32.2. The van der Waals surface area contributed by atoms with E-state index in [-0.39, 0.29) is 18.4 Å². The molecule has 0 bridgehead atoms. The fourth-order valence-corrected chi connectivity index (χ4v) is 4.79.